The van der Waals surface area contributed by atoms with Gasteiger partial charge in [-0.15, -0.1) is 0 Å². The molecule has 1 aromatic heterocycles. The second-order valence-corrected chi connectivity index (χ2v) is 3.33. The molecule has 0 radical (unpaired) electrons. The monoisotopic (exact) mass is 224 g/mol. The molecule has 0 aliphatic heterocycles. The van der Waals surface area contributed by atoms with Gasteiger partial charge >= 0.3 is 0 Å². The first kappa shape index (κ1) is 10.7. The second-order valence-electron chi connectivity index (χ2n) is 3.33. The van der Waals surface area contributed by atoms with Crippen LogP contribution in [-0.2, 0) is 13.0 Å². The number of halogens is 2. The summed E-state index contributed by atoms with van der Waals surface area (Å²) in [6, 6.07) is 3.73. The van der Waals surface area contributed by atoms with Crippen molar-refractivity contribution in [2.45, 2.75) is 13.0 Å². The van der Waals surface area contributed by atoms with Crippen LogP contribution in [-0.4, -0.2) is 15.2 Å². The summed E-state index contributed by atoms with van der Waals surface area (Å²) in [5.74, 6) is -0.649. The Balaban J connectivity index is 2.17. The van der Waals surface area contributed by atoms with E-state index in [1.54, 1.807) is 0 Å². The molecule has 0 spiro atoms. The van der Waals surface area contributed by atoms with E-state index in [1.165, 1.54) is 6.07 Å². The summed E-state index contributed by atoms with van der Waals surface area (Å²) in [5.41, 5.74) is 5.97. The van der Waals surface area contributed by atoms with Gasteiger partial charge in [-0.25, -0.2) is 13.8 Å². The lowest BCUT2D eigenvalue weighted by Gasteiger charge is -1.98. The quantitative estimate of drug-likeness (QED) is 0.821. The number of aromatic nitrogens is 3. The zero-order valence-electron chi connectivity index (χ0n) is 8.37. The number of nitrogens with one attached hydrogen (secondary N) is 1. The van der Waals surface area contributed by atoms with E-state index in [4.69, 9.17) is 5.73 Å². The van der Waals surface area contributed by atoms with Gasteiger partial charge in [0, 0.05) is 6.42 Å². The van der Waals surface area contributed by atoms with Crippen LogP contribution in [0.15, 0.2) is 18.2 Å². The molecule has 0 amide bonds. The van der Waals surface area contributed by atoms with E-state index in [2.05, 4.69) is 15.2 Å². The third kappa shape index (κ3) is 2.22. The van der Waals surface area contributed by atoms with Gasteiger partial charge in [0.2, 0.25) is 0 Å². The lowest BCUT2D eigenvalue weighted by molar-refractivity contribution is 0.507. The summed E-state index contributed by atoms with van der Waals surface area (Å²) in [4.78, 5) is 4.07. The standard InChI is InChI=1S/C10H10F2N4/c11-7-2-1-6(3-8(7)12)4-9-14-10(5-13)16-15-9/h1-3H,4-5,13H2,(H,14,15,16). The smallest absolute Gasteiger partial charge is 0.164 e. The van der Waals surface area contributed by atoms with Crippen molar-refractivity contribution in [3.8, 4) is 0 Å². The zero-order valence-corrected chi connectivity index (χ0v) is 8.37. The van der Waals surface area contributed by atoms with Crippen molar-refractivity contribution in [1.82, 2.24) is 15.2 Å². The van der Waals surface area contributed by atoms with E-state index in [-0.39, 0.29) is 6.54 Å². The molecule has 16 heavy (non-hydrogen) atoms. The molecule has 2 aromatic rings. The maximum absolute atomic E-state index is 12.9. The summed E-state index contributed by atoms with van der Waals surface area (Å²) in [7, 11) is 0. The molecule has 4 nitrogen and oxygen atoms in total. The summed E-state index contributed by atoms with van der Waals surface area (Å²) < 4.78 is 25.6. The van der Waals surface area contributed by atoms with Crippen LogP contribution in [0.25, 0.3) is 0 Å². The predicted octanol–water partition coefficient (Wildman–Crippen LogP) is 1.13. The Morgan fingerprint density at radius 1 is 1.25 bits per heavy atom. The summed E-state index contributed by atoms with van der Waals surface area (Å²) in [6.45, 7) is 0.244. The van der Waals surface area contributed by atoms with Crippen LogP contribution < -0.4 is 5.73 Å². The van der Waals surface area contributed by atoms with Gasteiger partial charge < -0.3 is 5.73 Å². The van der Waals surface area contributed by atoms with Crippen LogP contribution in [0.3, 0.4) is 0 Å². The Labute approximate surface area is 90.5 Å². The lowest BCUT2D eigenvalue weighted by atomic mass is 10.1. The number of hydrogen-bond acceptors (Lipinski definition) is 3. The molecule has 1 heterocycles. The molecular weight excluding hydrogens is 214 g/mol. The second kappa shape index (κ2) is 4.36. The number of nitrogens with two attached hydrogens (primary N) is 1. The SMILES string of the molecule is NCc1n[nH]c(Cc2ccc(F)c(F)c2)n1. The van der Waals surface area contributed by atoms with Crippen molar-refractivity contribution in [3.05, 3.63) is 47.0 Å². The summed E-state index contributed by atoms with van der Waals surface area (Å²) >= 11 is 0. The Morgan fingerprint density at radius 3 is 2.69 bits per heavy atom. The highest BCUT2D eigenvalue weighted by atomic mass is 19.2. The normalized spacial score (nSPS) is 10.7. The van der Waals surface area contributed by atoms with Gasteiger partial charge in [0.1, 0.15) is 5.82 Å². The van der Waals surface area contributed by atoms with E-state index in [1.807, 2.05) is 0 Å². The van der Waals surface area contributed by atoms with Crippen molar-refractivity contribution in [2.24, 2.45) is 5.73 Å². The van der Waals surface area contributed by atoms with E-state index >= 15 is 0 Å². The molecule has 2 rings (SSSR count). The van der Waals surface area contributed by atoms with Gasteiger partial charge in [0.05, 0.1) is 6.54 Å². The first-order valence-electron chi connectivity index (χ1n) is 4.73. The number of rotatable bonds is 3. The highest BCUT2D eigenvalue weighted by Crippen LogP contribution is 2.11. The molecule has 0 saturated carbocycles. The first-order valence-corrected chi connectivity index (χ1v) is 4.73. The van der Waals surface area contributed by atoms with E-state index < -0.39 is 11.6 Å². The molecule has 0 aliphatic rings. The third-order valence-electron chi connectivity index (χ3n) is 2.12. The van der Waals surface area contributed by atoms with Crippen LogP contribution in [0, 0.1) is 11.6 Å². The lowest BCUT2D eigenvalue weighted by Crippen LogP contribution is -1.98. The van der Waals surface area contributed by atoms with Crippen LogP contribution in [0.2, 0.25) is 0 Å². The number of H-pyrrole nitrogens is 1. The Bertz CT molecular complexity index is 495. The van der Waals surface area contributed by atoms with Crippen LogP contribution in [0.1, 0.15) is 17.2 Å². The predicted molar refractivity (Wildman–Crippen MR) is 53.4 cm³/mol. The molecule has 0 aliphatic carbocycles. The van der Waals surface area contributed by atoms with Gasteiger partial charge in [-0.2, -0.15) is 5.10 Å². The molecule has 84 valence electrons. The van der Waals surface area contributed by atoms with Crippen LogP contribution in [0.4, 0.5) is 8.78 Å². The van der Waals surface area contributed by atoms with E-state index in [0.29, 0.717) is 23.6 Å². The largest absolute Gasteiger partial charge is 0.324 e. The van der Waals surface area contributed by atoms with Gasteiger partial charge in [0.25, 0.3) is 0 Å². The fourth-order valence-electron chi connectivity index (χ4n) is 1.35. The number of aromatic amines is 1. The fourth-order valence-corrected chi connectivity index (χ4v) is 1.35. The zero-order chi connectivity index (χ0) is 11.5. The van der Waals surface area contributed by atoms with Gasteiger partial charge in [-0.05, 0) is 17.7 Å². The molecule has 0 saturated heterocycles. The fraction of sp³-hybridized carbons (Fsp3) is 0.200. The molecule has 6 heteroatoms. The van der Waals surface area contributed by atoms with Gasteiger partial charge in [-0.3, -0.25) is 5.10 Å². The molecular formula is C10H10F2N4. The summed E-state index contributed by atoms with van der Waals surface area (Å²) in [6.07, 6.45) is 0.365. The van der Waals surface area contributed by atoms with Crippen molar-refractivity contribution < 1.29 is 8.78 Å². The molecule has 0 unspecified atom stereocenters. The first-order chi connectivity index (χ1) is 7.69. The highest BCUT2D eigenvalue weighted by molar-refractivity contribution is 5.21. The van der Waals surface area contributed by atoms with Crippen LogP contribution in [0.5, 0.6) is 0 Å². The molecule has 1 aromatic carbocycles. The number of nitrogens with zero attached hydrogens (tertiary/aromatic N) is 2. The maximum atomic E-state index is 12.9. The van der Waals surface area contributed by atoms with Crippen molar-refractivity contribution in [1.29, 1.82) is 0 Å². The Hall–Kier alpha value is -1.82. The topological polar surface area (TPSA) is 67.6 Å². The minimum atomic E-state index is -0.865. The molecule has 0 atom stereocenters. The molecule has 0 bridgehead atoms. The average Bonchev–Trinajstić information content (AvgIpc) is 2.71. The number of hydrogen-bond donors (Lipinski definition) is 2. The van der Waals surface area contributed by atoms with E-state index in [9.17, 15) is 8.78 Å². The Morgan fingerprint density at radius 2 is 2.06 bits per heavy atom. The summed E-state index contributed by atoms with van der Waals surface area (Å²) in [5, 5.41) is 6.52. The average molecular weight is 224 g/mol. The van der Waals surface area contributed by atoms with Crippen molar-refractivity contribution >= 4 is 0 Å². The molecule has 0 fully saturated rings. The van der Waals surface area contributed by atoms with E-state index in [0.717, 1.165) is 12.1 Å². The third-order valence-corrected chi connectivity index (χ3v) is 2.12. The number of benzene rings is 1. The highest BCUT2D eigenvalue weighted by Gasteiger charge is 2.06. The minimum absolute atomic E-state index is 0.244. The van der Waals surface area contributed by atoms with Crippen molar-refractivity contribution in [3.63, 3.8) is 0 Å². The maximum Gasteiger partial charge on any atom is 0.164 e. The van der Waals surface area contributed by atoms with Gasteiger partial charge in [-0.1, -0.05) is 6.07 Å². The van der Waals surface area contributed by atoms with Gasteiger partial charge in [0.15, 0.2) is 17.5 Å². The molecule has 3 N–H and O–H groups in total. The Kier molecular flexibility index (Phi) is 2.91. The van der Waals surface area contributed by atoms with Crippen LogP contribution >= 0.6 is 0 Å². The minimum Gasteiger partial charge on any atom is -0.324 e. The van der Waals surface area contributed by atoms with Crippen molar-refractivity contribution in [2.75, 3.05) is 0 Å².